The summed E-state index contributed by atoms with van der Waals surface area (Å²) in [5, 5.41) is 0. The summed E-state index contributed by atoms with van der Waals surface area (Å²) in [6, 6.07) is 14.8. The van der Waals surface area contributed by atoms with Crippen molar-refractivity contribution in [2.24, 2.45) is 11.8 Å². The molecular formula is C31H42N4O3. The van der Waals surface area contributed by atoms with Crippen molar-refractivity contribution in [3.05, 3.63) is 66.0 Å². The van der Waals surface area contributed by atoms with Crippen molar-refractivity contribution in [3.63, 3.8) is 0 Å². The zero-order valence-electron chi connectivity index (χ0n) is 22.5. The van der Waals surface area contributed by atoms with Crippen molar-refractivity contribution in [2.75, 3.05) is 39.4 Å². The molecule has 1 aromatic heterocycles. The van der Waals surface area contributed by atoms with E-state index in [1.165, 1.54) is 0 Å². The van der Waals surface area contributed by atoms with E-state index in [2.05, 4.69) is 26.9 Å². The first-order valence-electron chi connectivity index (χ1n) is 14.5. The van der Waals surface area contributed by atoms with Gasteiger partial charge in [-0.25, -0.2) is 0 Å². The number of aromatic nitrogens is 1. The number of benzene rings is 1. The van der Waals surface area contributed by atoms with Crippen LogP contribution in [0.3, 0.4) is 0 Å². The van der Waals surface area contributed by atoms with Gasteiger partial charge in [-0.15, -0.1) is 0 Å². The molecule has 5 rings (SSSR count). The molecule has 3 saturated heterocycles. The van der Waals surface area contributed by atoms with E-state index in [1.54, 1.807) is 6.20 Å². The molecule has 3 fully saturated rings. The predicted octanol–water partition coefficient (Wildman–Crippen LogP) is 4.13. The Morgan fingerprint density at radius 2 is 1.53 bits per heavy atom. The van der Waals surface area contributed by atoms with Gasteiger partial charge in [-0.2, -0.15) is 0 Å². The summed E-state index contributed by atoms with van der Waals surface area (Å²) < 4.78 is 5.44. The first-order valence-corrected chi connectivity index (χ1v) is 14.5. The van der Waals surface area contributed by atoms with Gasteiger partial charge in [0.1, 0.15) is 0 Å². The van der Waals surface area contributed by atoms with Crippen LogP contribution in [-0.2, 0) is 27.4 Å². The van der Waals surface area contributed by atoms with Gasteiger partial charge in [-0.1, -0.05) is 36.4 Å². The zero-order chi connectivity index (χ0) is 26.2. The summed E-state index contributed by atoms with van der Waals surface area (Å²) in [7, 11) is 0. The highest BCUT2D eigenvalue weighted by Gasteiger charge is 2.33. The van der Waals surface area contributed by atoms with Gasteiger partial charge in [-0.3, -0.25) is 14.6 Å². The summed E-state index contributed by atoms with van der Waals surface area (Å²) >= 11 is 0. The van der Waals surface area contributed by atoms with E-state index in [-0.39, 0.29) is 11.8 Å². The highest BCUT2D eigenvalue weighted by atomic mass is 16.5. The molecule has 0 aliphatic carbocycles. The number of hydrogen-bond donors (Lipinski definition) is 0. The summed E-state index contributed by atoms with van der Waals surface area (Å²) in [4.78, 5) is 37.4. The number of pyridine rings is 1. The van der Waals surface area contributed by atoms with E-state index in [0.29, 0.717) is 37.4 Å². The largest absolute Gasteiger partial charge is 0.381 e. The lowest BCUT2D eigenvalue weighted by atomic mass is 9.91. The zero-order valence-corrected chi connectivity index (χ0v) is 22.5. The Morgan fingerprint density at radius 1 is 0.842 bits per heavy atom. The van der Waals surface area contributed by atoms with Crippen LogP contribution in [0.25, 0.3) is 0 Å². The number of carbonyl (C=O) groups excluding carboxylic acids is 2. The van der Waals surface area contributed by atoms with Gasteiger partial charge in [0.05, 0.1) is 0 Å². The van der Waals surface area contributed by atoms with Gasteiger partial charge in [0.15, 0.2) is 0 Å². The molecule has 0 saturated carbocycles. The van der Waals surface area contributed by atoms with Crippen LogP contribution in [0.5, 0.6) is 0 Å². The Kier molecular flexibility index (Phi) is 9.42. The smallest absolute Gasteiger partial charge is 0.226 e. The Labute approximate surface area is 227 Å². The second kappa shape index (κ2) is 13.3. The summed E-state index contributed by atoms with van der Waals surface area (Å²) in [6.07, 6.45) is 10.2. The van der Waals surface area contributed by atoms with Crippen molar-refractivity contribution >= 4 is 11.8 Å². The van der Waals surface area contributed by atoms with E-state index in [0.717, 1.165) is 89.0 Å². The summed E-state index contributed by atoms with van der Waals surface area (Å²) in [6.45, 7) is 6.45. The lowest BCUT2D eigenvalue weighted by molar-refractivity contribution is -0.139. The average molecular weight is 519 g/mol. The Morgan fingerprint density at radius 3 is 2.21 bits per heavy atom. The highest BCUT2D eigenvalue weighted by Crippen LogP contribution is 2.27. The van der Waals surface area contributed by atoms with Crippen molar-refractivity contribution in [1.29, 1.82) is 0 Å². The molecular weight excluding hydrogens is 476 g/mol. The van der Waals surface area contributed by atoms with Gasteiger partial charge < -0.3 is 19.4 Å². The molecule has 0 spiro atoms. The number of likely N-dealkylation sites (tertiary alicyclic amines) is 2. The lowest BCUT2D eigenvalue weighted by Crippen LogP contribution is -2.50. The van der Waals surface area contributed by atoms with Crippen molar-refractivity contribution in [1.82, 2.24) is 19.7 Å². The molecule has 0 N–H and O–H groups in total. The fraction of sp³-hybridized carbons (Fsp3) is 0.581. The first-order chi connectivity index (χ1) is 18.7. The SMILES string of the molecule is O=C(CC1CCOCC1)N1CCC(N2CCC(C(=O)N(Cc3ccccc3)Cc3cccnc3)CC2)CC1. The second-order valence-electron chi connectivity index (χ2n) is 11.2. The van der Waals surface area contributed by atoms with E-state index >= 15 is 0 Å². The Balaban J connectivity index is 1.11. The van der Waals surface area contributed by atoms with E-state index in [4.69, 9.17) is 4.74 Å². The third-order valence-electron chi connectivity index (χ3n) is 8.64. The van der Waals surface area contributed by atoms with Crippen LogP contribution in [0.2, 0.25) is 0 Å². The minimum Gasteiger partial charge on any atom is -0.381 e. The molecule has 38 heavy (non-hydrogen) atoms. The van der Waals surface area contributed by atoms with E-state index in [9.17, 15) is 9.59 Å². The van der Waals surface area contributed by atoms with Crippen molar-refractivity contribution < 1.29 is 14.3 Å². The topological polar surface area (TPSA) is 66.0 Å². The molecule has 7 heteroatoms. The second-order valence-corrected chi connectivity index (χ2v) is 11.2. The first kappa shape index (κ1) is 26.8. The van der Waals surface area contributed by atoms with E-state index < -0.39 is 0 Å². The summed E-state index contributed by atoms with van der Waals surface area (Å²) in [5.41, 5.74) is 2.22. The van der Waals surface area contributed by atoms with Crippen LogP contribution >= 0.6 is 0 Å². The minimum absolute atomic E-state index is 0.0628. The number of ether oxygens (including phenoxy) is 1. The molecule has 0 radical (unpaired) electrons. The lowest BCUT2D eigenvalue weighted by Gasteiger charge is -2.42. The number of hydrogen-bond acceptors (Lipinski definition) is 5. The standard InChI is InChI=1S/C31H42N4O3/c36-30(21-25-12-19-38-20-13-25)34-17-10-29(11-18-34)33-15-8-28(9-16-33)31(37)35(23-26-5-2-1-3-6-26)24-27-7-4-14-32-22-27/h1-7,14,22,25,28-29H,8-13,15-21,23-24H2. The number of rotatable bonds is 8. The third-order valence-corrected chi connectivity index (χ3v) is 8.64. The molecule has 2 aromatic rings. The molecule has 4 heterocycles. The van der Waals surface area contributed by atoms with Crippen LogP contribution in [0, 0.1) is 11.8 Å². The monoisotopic (exact) mass is 518 g/mol. The maximum absolute atomic E-state index is 13.7. The van der Waals surface area contributed by atoms with Crippen LogP contribution < -0.4 is 0 Å². The van der Waals surface area contributed by atoms with Crippen molar-refractivity contribution in [2.45, 2.75) is 64.1 Å². The third kappa shape index (κ3) is 7.20. The minimum atomic E-state index is 0.0628. The molecule has 3 aliphatic heterocycles. The molecule has 0 atom stereocenters. The Hall–Kier alpha value is -2.77. The normalized spacial score (nSPS) is 20.4. The van der Waals surface area contributed by atoms with Crippen LogP contribution in [0.1, 0.15) is 56.1 Å². The fourth-order valence-corrected chi connectivity index (χ4v) is 6.30. The molecule has 7 nitrogen and oxygen atoms in total. The molecule has 204 valence electrons. The quantitative estimate of drug-likeness (QED) is 0.526. The van der Waals surface area contributed by atoms with Crippen molar-refractivity contribution in [3.8, 4) is 0 Å². The number of carbonyl (C=O) groups is 2. The number of piperidine rings is 2. The van der Waals surface area contributed by atoms with Gasteiger partial charge in [-0.05, 0) is 74.7 Å². The fourth-order valence-electron chi connectivity index (χ4n) is 6.30. The molecule has 3 aliphatic rings. The predicted molar refractivity (Wildman–Crippen MR) is 147 cm³/mol. The van der Waals surface area contributed by atoms with Crippen LogP contribution in [0.15, 0.2) is 54.9 Å². The van der Waals surface area contributed by atoms with Gasteiger partial charge in [0.25, 0.3) is 0 Å². The van der Waals surface area contributed by atoms with Gasteiger partial charge in [0.2, 0.25) is 11.8 Å². The molecule has 0 bridgehead atoms. The van der Waals surface area contributed by atoms with Crippen LogP contribution in [-0.4, -0.2) is 76.9 Å². The maximum atomic E-state index is 13.7. The molecule has 0 unspecified atom stereocenters. The number of nitrogens with zero attached hydrogens (tertiary/aromatic N) is 4. The Bertz CT molecular complexity index is 970. The molecule has 1 aromatic carbocycles. The number of amides is 2. The summed E-state index contributed by atoms with van der Waals surface area (Å²) in [5.74, 6) is 1.13. The average Bonchev–Trinajstić information content (AvgIpc) is 2.98. The van der Waals surface area contributed by atoms with Gasteiger partial charge >= 0.3 is 0 Å². The van der Waals surface area contributed by atoms with Crippen LogP contribution in [0.4, 0.5) is 0 Å². The molecule has 2 amide bonds. The maximum Gasteiger partial charge on any atom is 0.226 e. The highest BCUT2D eigenvalue weighted by molar-refractivity contribution is 5.79. The van der Waals surface area contributed by atoms with E-state index in [1.807, 2.05) is 41.4 Å². The van der Waals surface area contributed by atoms with Gasteiger partial charge in [0, 0.05) is 70.2 Å².